The highest BCUT2D eigenvalue weighted by molar-refractivity contribution is 5.95. The van der Waals surface area contributed by atoms with Gasteiger partial charge in [-0.1, -0.05) is 12.1 Å². The van der Waals surface area contributed by atoms with E-state index in [1.807, 2.05) is 0 Å². The van der Waals surface area contributed by atoms with Crippen molar-refractivity contribution in [3.05, 3.63) is 59.8 Å². The number of carbonyl (C=O) groups excluding carboxylic acids is 1. The Morgan fingerprint density at radius 2 is 1.79 bits per heavy atom. The molecule has 11 heteroatoms. The molecule has 170 valence electrons. The van der Waals surface area contributed by atoms with Crippen LogP contribution in [0.5, 0.6) is 0 Å². The second-order valence-electron chi connectivity index (χ2n) is 7.81. The SMILES string of the molecule is O=C(NC1CC1)c1ccc(-c2cnc3c(NCC(F)(F)F)nc4cc(F)c(F)cc4n23)cc1. The van der Waals surface area contributed by atoms with E-state index in [2.05, 4.69) is 20.6 Å². The number of anilines is 1. The first-order valence-electron chi connectivity index (χ1n) is 10.1. The quantitative estimate of drug-likeness (QED) is 0.423. The maximum absolute atomic E-state index is 14.0. The van der Waals surface area contributed by atoms with Crippen LogP contribution in [0.4, 0.5) is 27.8 Å². The normalized spacial score (nSPS) is 14.1. The summed E-state index contributed by atoms with van der Waals surface area (Å²) in [6, 6.07) is 8.46. The summed E-state index contributed by atoms with van der Waals surface area (Å²) in [5.41, 5.74) is 1.53. The van der Waals surface area contributed by atoms with Gasteiger partial charge in [-0.3, -0.25) is 9.20 Å². The summed E-state index contributed by atoms with van der Waals surface area (Å²) in [7, 11) is 0. The molecule has 2 aromatic carbocycles. The maximum atomic E-state index is 14.0. The first kappa shape index (κ1) is 21.1. The number of imidazole rings is 1. The number of carbonyl (C=O) groups is 1. The van der Waals surface area contributed by atoms with Gasteiger partial charge in [-0.25, -0.2) is 18.7 Å². The molecule has 1 aliphatic rings. The van der Waals surface area contributed by atoms with Crippen molar-refractivity contribution in [1.29, 1.82) is 0 Å². The summed E-state index contributed by atoms with van der Waals surface area (Å²) in [6.45, 7) is -1.38. The molecule has 33 heavy (non-hydrogen) atoms. The minimum Gasteiger partial charge on any atom is -0.358 e. The Balaban J connectivity index is 1.62. The number of rotatable bonds is 5. The van der Waals surface area contributed by atoms with E-state index in [0.717, 1.165) is 25.0 Å². The highest BCUT2D eigenvalue weighted by Crippen LogP contribution is 2.30. The van der Waals surface area contributed by atoms with Crippen molar-refractivity contribution < 1.29 is 26.7 Å². The second-order valence-corrected chi connectivity index (χ2v) is 7.81. The molecule has 0 spiro atoms. The lowest BCUT2D eigenvalue weighted by Crippen LogP contribution is -2.25. The fraction of sp³-hybridized carbons (Fsp3) is 0.227. The Morgan fingerprint density at radius 1 is 1.09 bits per heavy atom. The van der Waals surface area contributed by atoms with Crippen molar-refractivity contribution in [2.45, 2.75) is 25.1 Å². The Labute approximate surface area is 183 Å². The lowest BCUT2D eigenvalue weighted by Gasteiger charge is -2.13. The third kappa shape index (κ3) is 4.18. The van der Waals surface area contributed by atoms with Crippen molar-refractivity contribution in [3.63, 3.8) is 0 Å². The van der Waals surface area contributed by atoms with Crippen LogP contribution in [0.2, 0.25) is 0 Å². The number of nitrogens with zero attached hydrogens (tertiary/aromatic N) is 3. The van der Waals surface area contributed by atoms with E-state index in [1.54, 1.807) is 24.3 Å². The first-order valence-corrected chi connectivity index (χ1v) is 10.1. The molecule has 1 aliphatic carbocycles. The fourth-order valence-electron chi connectivity index (χ4n) is 3.52. The summed E-state index contributed by atoms with van der Waals surface area (Å²) in [6.07, 6.45) is -1.22. The van der Waals surface area contributed by atoms with Crippen LogP contribution in [0.15, 0.2) is 42.6 Å². The predicted octanol–water partition coefficient (Wildman–Crippen LogP) is 4.69. The van der Waals surface area contributed by atoms with Crippen LogP contribution < -0.4 is 10.6 Å². The standard InChI is InChI=1S/C22H16F5N5O/c23-14-7-16-17(8-15(14)24)32-18(9-28-20(32)19(31-16)29-10-22(25,26)27)11-1-3-12(4-2-11)21(33)30-13-5-6-13/h1-4,7-9,13H,5-6,10H2,(H,29,31)(H,30,33). The molecular formula is C22H16F5N5O. The van der Waals surface area contributed by atoms with Crippen LogP contribution in [0.1, 0.15) is 23.2 Å². The van der Waals surface area contributed by atoms with Crippen LogP contribution in [0, 0.1) is 11.6 Å². The van der Waals surface area contributed by atoms with Crippen molar-refractivity contribution in [2.24, 2.45) is 0 Å². The molecule has 0 aliphatic heterocycles. The van der Waals surface area contributed by atoms with Gasteiger partial charge in [-0.15, -0.1) is 0 Å². The van der Waals surface area contributed by atoms with Crippen LogP contribution in [-0.4, -0.2) is 39.0 Å². The zero-order valence-electron chi connectivity index (χ0n) is 16.9. The van der Waals surface area contributed by atoms with Crippen molar-refractivity contribution in [1.82, 2.24) is 19.7 Å². The number of hydrogen-bond acceptors (Lipinski definition) is 4. The van der Waals surface area contributed by atoms with Gasteiger partial charge in [0.05, 0.1) is 22.9 Å². The number of fused-ring (bicyclic) bond motifs is 3. The van der Waals surface area contributed by atoms with Gasteiger partial charge in [0.15, 0.2) is 23.1 Å². The van der Waals surface area contributed by atoms with Gasteiger partial charge in [0, 0.05) is 29.3 Å². The van der Waals surface area contributed by atoms with Crippen LogP contribution >= 0.6 is 0 Å². The number of nitrogens with one attached hydrogen (secondary N) is 2. The molecule has 2 aromatic heterocycles. The van der Waals surface area contributed by atoms with E-state index in [4.69, 9.17) is 0 Å². The molecule has 1 fully saturated rings. The number of aromatic nitrogens is 3. The summed E-state index contributed by atoms with van der Waals surface area (Å²) in [5.74, 6) is -2.73. The molecule has 0 radical (unpaired) electrons. The van der Waals surface area contributed by atoms with Crippen molar-refractivity contribution >= 4 is 28.4 Å². The van der Waals surface area contributed by atoms with Gasteiger partial charge in [-0.2, -0.15) is 13.2 Å². The van der Waals surface area contributed by atoms with Crippen LogP contribution in [0.3, 0.4) is 0 Å². The third-order valence-corrected chi connectivity index (χ3v) is 5.28. The largest absolute Gasteiger partial charge is 0.405 e. The van der Waals surface area contributed by atoms with E-state index in [0.29, 0.717) is 16.8 Å². The molecule has 2 N–H and O–H groups in total. The molecule has 1 saturated carbocycles. The Hall–Kier alpha value is -3.76. The van der Waals surface area contributed by atoms with Crippen LogP contribution in [-0.2, 0) is 0 Å². The lowest BCUT2D eigenvalue weighted by atomic mass is 10.1. The van der Waals surface area contributed by atoms with E-state index in [1.165, 1.54) is 10.6 Å². The predicted molar refractivity (Wildman–Crippen MR) is 111 cm³/mol. The summed E-state index contributed by atoms with van der Waals surface area (Å²) in [5, 5.41) is 5.06. The van der Waals surface area contributed by atoms with Gasteiger partial charge in [0.2, 0.25) is 0 Å². The smallest absolute Gasteiger partial charge is 0.358 e. The number of hydrogen-bond donors (Lipinski definition) is 2. The monoisotopic (exact) mass is 461 g/mol. The topological polar surface area (TPSA) is 71.3 Å². The number of halogens is 5. The third-order valence-electron chi connectivity index (χ3n) is 5.28. The van der Waals surface area contributed by atoms with E-state index in [9.17, 15) is 26.7 Å². The molecule has 6 nitrogen and oxygen atoms in total. The maximum Gasteiger partial charge on any atom is 0.405 e. The molecule has 0 bridgehead atoms. The number of amides is 1. The molecule has 1 amide bonds. The summed E-state index contributed by atoms with van der Waals surface area (Å²) in [4.78, 5) is 20.4. The van der Waals surface area contributed by atoms with E-state index in [-0.39, 0.29) is 34.4 Å². The summed E-state index contributed by atoms with van der Waals surface area (Å²) < 4.78 is 67.6. The molecule has 5 rings (SSSR count). The first-order chi connectivity index (χ1) is 15.7. The minimum absolute atomic E-state index is 0.0170. The molecular weight excluding hydrogens is 445 g/mol. The van der Waals surface area contributed by atoms with E-state index >= 15 is 0 Å². The van der Waals surface area contributed by atoms with Crippen LogP contribution in [0.25, 0.3) is 27.9 Å². The van der Waals surface area contributed by atoms with Gasteiger partial charge in [-0.05, 0) is 25.0 Å². The zero-order chi connectivity index (χ0) is 23.3. The number of alkyl halides is 3. The Morgan fingerprint density at radius 3 is 2.45 bits per heavy atom. The molecule has 2 heterocycles. The second kappa shape index (κ2) is 7.68. The average molecular weight is 461 g/mol. The lowest BCUT2D eigenvalue weighted by molar-refractivity contribution is -0.115. The molecule has 0 unspecified atom stereocenters. The molecule has 4 aromatic rings. The van der Waals surface area contributed by atoms with Gasteiger partial charge < -0.3 is 10.6 Å². The molecule has 0 atom stereocenters. The molecule has 0 saturated heterocycles. The highest BCUT2D eigenvalue weighted by atomic mass is 19.4. The minimum atomic E-state index is -4.52. The average Bonchev–Trinajstić information content (AvgIpc) is 3.47. The van der Waals surface area contributed by atoms with E-state index < -0.39 is 24.4 Å². The Bertz CT molecular complexity index is 1380. The fourth-order valence-corrected chi connectivity index (χ4v) is 3.52. The Kier molecular flexibility index (Phi) is 4.91. The number of benzene rings is 2. The van der Waals surface area contributed by atoms with Crippen molar-refractivity contribution in [2.75, 3.05) is 11.9 Å². The van der Waals surface area contributed by atoms with Crippen molar-refractivity contribution in [3.8, 4) is 11.3 Å². The summed E-state index contributed by atoms with van der Waals surface area (Å²) >= 11 is 0. The van der Waals surface area contributed by atoms with Gasteiger partial charge in [0.25, 0.3) is 5.91 Å². The van der Waals surface area contributed by atoms with Gasteiger partial charge >= 0.3 is 6.18 Å². The van der Waals surface area contributed by atoms with Gasteiger partial charge in [0.1, 0.15) is 6.54 Å². The highest BCUT2D eigenvalue weighted by Gasteiger charge is 2.28. The zero-order valence-corrected chi connectivity index (χ0v) is 16.9.